The van der Waals surface area contributed by atoms with E-state index in [1.165, 1.54) is 23.6 Å². The van der Waals surface area contributed by atoms with Crippen LogP contribution in [0.3, 0.4) is 0 Å². The van der Waals surface area contributed by atoms with E-state index in [-0.39, 0.29) is 11.9 Å². The first-order valence-electron chi connectivity index (χ1n) is 9.95. The number of pyridine rings is 1. The molecule has 1 saturated heterocycles. The largest absolute Gasteiger partial charge is 0.348 e. The van der Waals surface area contributed by atoms with E-state index in [1.54, 1.807) is 6.20 Å². The number of fused-ring (bicyclic) bond motifs is 1. The summed E-state index contributed by atoms with van der Waals surface area (Å²) in [6.45, 7) is 9.39. The van der Waals surface area contributed by atoms with Crippen LogP contribution in [0.5, 0.6) is 0 Å². The fourth-order valence-corrected chi connectivity index (χ4v) is 4.22. The normalized spacial score (nSPS) is 14.4. The van der Waals surface area contributed by atoms with Gasteiger partial charge in [0.05, 0.1) is 22.5 Å². The zero-order valence-corrected chi connectivity index (χ0v) is 18.0. The zero-order valence-electron chi connectivity index (χ0n) is 17.2. The number of thiophene rings is 1. The summed E-state index contributed by atoms with van der Waals surface area (Å²) in [5.41, 5.74) is 2.92. The van der Waals surface area contributed by atoms with Gasteiger partial charge in [-0.2, -0.15) is 0 Å². The number of carbonyl (C=O) groups excluding carboxylic acids is 1. The number of anilines is 1. The Hall–Kier alpha value is -2.61. The lowest BCUT2D eigenvalue weighted by Crippen LogP contribution is -2.29. The maximum absolute atomic E-state index is 13.5. The SMILES string of the molecule is CC.Cc1csc2c(C(=O)N3CCCC3)nc(NC(C)c3cncc(F)c3)nc12. The molecular weight excluding hydrogens is 389 g/mol. The minimum absolute atomic E-state index is 0.0510. The molecule has 3 aromatic rings. The van der Waals surface area contributed by atoms with Crippen molar-refractivity contribution in [1.29, 1.82) is 0 Å². The van der Waals surface area contributed by atoms with Crippen molar-refractivity contribution in [3.63, 3.8) is 0 Å². The van der Waals surface area contributed by atoms with Crippen LogP contribution in [0.25, 0.3) is 10.2 Å². The van der Waals surface area contributed by atoms with Crippen molar-refractivity contribution in [3.8, 4) is 0 Å². The summed E-state index contributed by atoms with van der Waals surface area (Å²) in [5.74, 6) is -0.0794. The third-order valence-electron chi connectivity index (χ3n) is 4.76. The van der Waals surface area contributed by atoms with E-state index in [1.807, 2.05) is 38.0 Å². The maximum Gasteiger partial charge on any atom is 0.274 e. The number of nitrogens with zero attached hydrogens (tertiary/aromatic N) is 4. The number of aromatic nitrogens is 3. The van der Waals surface area contributed by atoms with E-state index in [0.717, 1.165) is 41.7 Å². The Bertz CT molecular complexity index is 1000. The van der Waals surface area contributed by atoms with Gasteiger partial charge in [-0.15, -0.1) is 11.3 Å². The molecule has 29 heavy (non-hydrogen) atoms. The van der Waals surface area contributed by atoms with Gasteiger partial charge in [-0.25, -0.2) is 14.4 Å². The fourth-order valence-electron chi connectivity index (χ4n) is 3.25. The highest BCUT2D eigenvalue weighted by Crippen LogP contribution is 2.30. The highest BCUT2D eigenvalue weighted by atomic mass is 32.1. The van der Waals surface area contributed by atoms with E-state index in [0.29, 0.717) is 17.2 Å². The third kappa shape index (κ3) is 4.53. The van der Waals surface area contributed by atoms with Gasteiger partial charge in [0.1, 0.15) is 5.82 Å². The summed E-state index contributed by atoms with van der Waals surface area (Å²) in [5, 5.41) is 5.18. The molecule has 1 aliphatic heterocycles. The van der Waals surface area contributed by atoms with Gasteiger partial charge in [0, 0.05) is 19.3 Å². The topological polar surface area (TPSA) is 71.0 Å². The second-order valence-corrected chi connectivity index (χ2v) is 7.67. The quantitative estimate of drug-likeness (QED) is 0.651. The van der Waals surface area contributed by atoms with Crippen molar-refractivity contribution in [3.05, 3.63) is 46.5 Å². The van der Waals surface area contributed by atoms with Gasteiger partial charge in [-0.1, -0.05) is 13.8 Å². The standard InChI is InChI=1S/C19H20FN5OS.C2H6/c1-11-10-27-17-15(11)23-19(22-12(2)13-7-14(20)9-21-8-13)24-16(17)18(26)25-5-3-4-6-25;1-2/h7-10,12H,3-6H2,1-2H3,(H,22,23,24);1-2H3. The minimum Gasteiger partial charge on any atom is -0.348 e. The number of amides is 1. The van der Waals surface area contributed by atoms with E-state index >= 15 is 0 Å². The monoisotopic (exact) mass is 415 g/mol. The number of likely N-dealkylation sites (tertiary alicyclic amines) is 1. The van der Waals surface area contributed by atoms with Crippen molar-refractivity contribution in [2.24, 2.45) is 0 Å². The number of nitrogens with one attached hydrogen (secondary N) is 1. The van der Waals surface area contributed by atoms with Crippen LogP contribution in [0.4, 0.5) is 10.3 Å². The second-order valence-electron chi connectivity index (χ2n) is 6.79. The second kappa shape index (κ2) is 9.26. The molecule has 1 N–H and O–H groups in total. The Balaban J connectivity index is 0.00000117. The van der Waals surface area contributed by atoms with Gasteiger partial charge in [-0.05, 0) is 49.3 Å². The van der Waals surface area contributed by atoms with Gasteiger partial charge in [-0.3, -0.25) is 9.78 Å². The number of hydrogen-bond donors (Lipinski definition) is 1. The number of rotatable bonds is 4. The van der Waals surface area contributed by atoms with Crippen LogP contribution in [0.1, 0.15) is 61.3 Å². The Morgan fingerprint density at radius 1 is 1.24 bits per heavy atom. The van der Waals surface area contributed by atoms with Crippen molar-refractivity contribution in [2.75, 3.05) is 18.4 Å². The molecule has 3 aromatic heterocycles. The van der Waals surface area contributed by atoms with Gasteiger partial charge >= 0.3 is 0 Å². The van der Waals surface area contributed by atoms with Gasteiger partial charge in [0.25, 0.3) is 5.91 Å². The highest BCUT2D eigenvalue weighted by Gasteiger charge is 2.25. The molecule has 1 atom stereocenters. The number of aryl methyl sites for hydroxylation is 1. The summed E-state index contributed by atoms with van der Waals surface area (Å²) in [4.78, 5) is 27.8. The van der Waals surface area contributed by atoms with Crippen LogP contribution in [0.2, 0.25) is 0 Å². The molecule has 0 bridgehead atoms. The molecule has 1 unspecified atom stereocenters. The van der Waals surface area contributed by atoms with Crippen LogP contribution in [0, 0.1) is 12.7 Å². The van der Waals surface area contributed by atoms with Crippen LogP contribution in [-0.4, -0.2) is 38.8 Å². The predicted octanol–water partition coefficient (Wildman–Crippen LogP) is 4.97. The summed E-state index contributed by atoms with van der Waals surface area (Å²) in [7, 11) is 0. The average molecular weight is 416 g/mol. The van der Waals surface area contributed by atoms with Crippen molar-refractivity contribution in [1.82, 2.24) is 19.9 Å². The molecule has 1 fully saturated rings. The van der Waals surface area contributed by atoms with Gasteiger partial charge < -0.3 is 10.2 Å². The van der Waals surface area contributed by atoms with E-state index in [4.69, 9.17) is 0 Å². The van der Waals surface area contributed by atoms with Crippen LogP contribution in [0.15, 0.2) is 23.8 Å². The first-order chi connectivity index (χ1) is 14.0. The lowest BCUT2D eigenvalue weighted by molar-refractivity contribution is 0.0789. The third-order valence-corrected chi connectivity index (χ3v) is 5.85. The van der Waals surface area contributed by atoms with Gasteiger partial charge in [0.15, 0.2) is 5.69 Å². The number of halogens is 1. The van der Waals surface area contributed by atoms with Crippen molar-refractivity contribution >= 4 is 33.4 Å². The first-order valence-corrected chi connectivity index (χ1v) is 10.8. The van der Waals surface area contributed by atoms with E-state index in [2.05, 4.69) is 20.3 Å². The molecule has 0 saturated carbocycles. The number of hydrogen-bond acceptors (Lipinski definition) is 6. The molecule has 0 radical (unpaired) electrons. The summed E-state index contributed by atoms with van der Waals surface area (Å²) in [6.07, 6.45) is 4.82. The Morgan fingerprint density at radius 2 is 1.97 bits per heavy atom. The maximum atomic E-state index is 13.5. The van der Waals surface area contributed by atoms with Crippen LogP contribution >= 0.6 is 11.3 Å². The van der Waals surface area contributed by atoms with E-state index in [9.17, 15) is 9.18 Å². The summed E-state index contributed by atoms with van der Waals surface area (Å²) < 4.78 is 14.3. The summed E-state index contributed by atoms with van der Waals surface area (Å²) >= 11 is 1.49. The average Bonchev–Trinajstić information content (AvgIpc) is 3.39. The number of carbonyl (C=O) groups is 1. The molecule has 8 heteroatoms. The van der Waals surface area contributed by atoms with Crippen molar-refractivity contribution < 1.29 is 9.18 Å². The molecule has 1 aliphatic rings. The van der Waals surface area contributed by atoms with Crippen LogP contribution < -0.4 is 5.32 Å². The van der Waals surface area contributed by atoms with Crippen molar-refractivity contribution in [2.45, 2.75) is 46.6 Å². The van der Waals surface area contributed by atoms with Crippen LogP contribution in [-0.2, 0) is 0 Å². The minimum atomic E-state index is -0.393. The Kier molecular flexibility index (Phi) is 6.74. The van der Waals surface area contributed by atoms with Gasteiger partial charge in [0.2, 0.25) is 5.95 Å². The molecule has 0 spiro atoms. The lowest BCUT2D eigenvalue weighted by atomic mass is 10.1. The lowest BCUT2D eigenvalue weighted by Gasteiger charge is -2.17. The molecule has 0 aromatic carbocycles. The zero-order chi connectivity index (χ0) is 21.0. The molecule has 6 nitrogen and oxygen atoms in total. The smallest absolute Gasteiger partial charge is 0.274 e. The molecule has 0 aliphatic carbocycles. The molecular formula is C21H26FN5OS. The fraction of sp³-hybridized carbons (Fsp3) is 0.429. The Labute approximate surface area is 174 Å². The Morgan fingerprint density at radius 3 is 2.66 bits per heavy atom. The first kappa shape index (κ1) is 21.1. The molecule has 1 amide bonds. The predicted molar refractivity (Wildman–Crippen MR) is 115 cm³/mol. The molecule has 154 valence electrons. The molecule has 4 heterocycles. The van der Waals surface area contributed by atoms with E-state index < -0.39 is 5.82 Å². The summed E-state index contributed by atoms with van der Waals surface area (Å²) in [6, 6.07) is 1.18. The highest BCUT2D eigenvalue weighted by molar-refractivity contribution is 7.17. The molecule has 4 rings (SSSR count).